The van der Waals surface area contributed by atoms with Crippen LogP contribution in [0.4, 0.5) is 4.79 Å². The summed E-state index contributed by atoms with van der Waals surface area (Å²) in [6.07, 6.45) is -5.24. The molecule has 0 saturated carbocycles. The molecule has 1 saturated heterocycles. The van der Waals surface area contributed by atoms with Crippen LogP contribution in [0.5, 0.6) is 0 Å². The van der Waals surface area contributed by atoms with Crippen LogP contribution in [0.1, 0.15) is 31.2 Å². The number of hydrogen-bond donors (Lipinski definition) is 6. The molecular weight excluding hydrogens is 396 g/mol. The van der Waals surface area contributed by atoms with Crippen LogP contribution in [0.2, 0.25) is 0 Å². The highest BCUT2D eigenvalue weighted by Gasteiger charge is 2.43. The molecule has 0 aliphatic carbocycles. The Morgan fingerprint density at radius 3 is 2.43 bits per heavy atom. The first-order valence-corrected chi connectivity index (χ1v) is 9.96. The highest BCUT2D eigenvalue weighted by molar-refractivity contribution is 5.76. The summed E-state index contributed by atoms with van der Waals surface area (Å²) in [5.41, 5.74) is 0.901. The van der Waals surface area contributed by atoms with Gasteiger partial charge < -0.3 is 40.5 Å². The summed E-state index contributed by atoms with van der Waals surface area (Å²) in [5, 5.41) is 43.6. The van der Waals surface area contributed by atoms with Crippen molar-refractivity contribution < 1.29 is 39.5 Å². The maximum Gasteiger partial charge on any atom is 0.407 e. The number of alkyl carbamates (subject to hydrolysis) is 1. The van der Waals surface area contributed by atoms with Gasteiger partial charge in [0.25, 0.3) is 0 Å². The van der Waals surface area contributed by atoms with Crippen molar-refractivity contribution in [3.05, 3.63) is 35.9 Å². The van der Waals surface area contributed by atoms with Gasteiger partial charge in [-0.05, 0) is 18.4 Å². The zero-order chi connectivity index (χ0) is 21.9. The molecule has 6 N–H and O–H groups in total. The predicted octanol–water partition coefficient (Wildman–Crippen LogP) is -0.611. The third-order valence-corrected chi connectivity index (χ3v) is 4.76. The Labute approximate surface area is 174 Å². The number of carbonyl (C=O) groups excluding carboxylic acids is 2. The smallest absolute Gasteiger partial charge is 0.407 e. The number of benzene rings is 1. The zero-order valence-electron chi connectivity index (χ0n) is 16.6. The lowest BCUT2D eigenvalue weighted by molar-refractivity contribution is -0.236. The average molecular weight is 426 g/mol. The minimum atomic E-state index is -1.53. The zero-order valence-corrected chi connectivity index (χ0v) is 16.6. The van der Waals surface area contributed by atoms with Crippen molar-refractivity contribution in [2.75, 3.05) is 13.2 Å². The van der Waals surface area contributed by atoms with Crippen LogP contribution in [-0.4, -0.2) is 76.2 Å². The van der Waals surface area contributed by atoms with Gasteiger partial charge in [-0.2, -0.15) is 0 Å². The summed E-state index contributed by atoms with van der Waals surface area (Å²) >= 11 is 0. The number of ether oxygens (including phenoxy) is 2. The van der Waals surface area contributed by atoms with E-state index in [1.165, 1.54) is 0 Å². The fourth-order valence-corrected chi connectivity index (χ4v) is 3.00. The van der Waals surface area contributed by atoms with Gasteiger partial charge in [0.15, 0.2) is 6.23 Å². The quantitative estimate of drug-likeness (QED) is 0.271. The maximum absolute atomic E-state index is 12.0. The lowest BCUT2D eigenvalue weighted by Gasteiger charge is -2.40. The van der Waals surface area contributed by atoms with Crippen LogP contribution in [0.25, 0.3) is 0 Å². The van der Waals surface area contributed by atoms with Gasteiger partial charge in [0.1, 0.15) is 31.0 Å². The van der Waals surface area contributed by atoms with Crippen LogP contribution in [0.3, 0.4) is 0 Å². The van der Waals surface area contributed by atoms with E-state index in [2.05, 4.69) is 10.6 Å². The summed E-state index contributed by atoms with van der Waals surface area (Å²) in [4.78, 5) is 23.6. The molecule has 0 aromatic heterocycles. The number of aliphatic hydroxyl groups excluding tert-OH is 4. The van der Waals surface area contributed by atoms with Gasteiger partial charge in [0.2, 0.25) is 5.91 Å². The fourth-order valence-electron chi connectivity index (χ4n) is 3.00. The first kappa shape index (κ1) is 24.0. The second-order valence-electron chi connectivity index (χ2n) is 7.12. The van der Waals surface area contributed by atoms with E-state index >= 15 is 0 Å². The van der Waals surface area contributed by atoms with E-state index in [4.69, 9.17) is 14.6 Å². The standard InChI is InChI=1S/C20H30N2O8/c23-11-14-16(25)17(26)18(27)19(30-14)22-15(24)9-5-2-6-10-21-20(28)29-12-13-7-3-1-4-8-13/h1,3-4,7-8,14,16-19,23,25-27H,2,5-6,9-12H2,(H,21,28)(H,22,24)/t14-,16-,17+,18+,19-/m1/s1. The summed E-state index contributed by atoms with van der Waals surface area (Å²) in [5.74, 6) is -0.394. The number of carbonyl (C=O) groups is 2. The summed E-state index contributed by atoms with van der Waals surface area (Å²) in [7, 11) is 0. The molecule has 5 atom stereocenters. The Hall–Kier alpha value is -2.24. The molecule has 0 unspecified atom stereocenters. The van der Waals surface area contributed by atoms with Crippen molar-refractivity contribution >= 4 is 12.0 Å². The third kappa shape index (κ3) is 7.54. The number of rotatable bonds is 10. The first-order chi connectivity index (χ1) is 14.4. The molecule has 1 aromatic carbocycles. The van der Waals surface area contributed by atoms with Crippen molar-refractivity contribution in [2.45, 2.75) is 62.9 Å². The number of hydrogen-bond acceptors (Lipinski definition) is 8. The summed E-state index contributed by atoms with van der Waals surface area (Å²) < 4.78 is 10.3. The van der Waals surface area contributed by atoms with Crippen LogP contribution in [0.15, 0.2) is 30.3 Å². The SMILES string of the molecule is O=C(CCCCCNC(=O)OCc1ccccc1)N[C@@H]1O[C@H](CO)[C@@H](O)[C@H](O)[C@@H]1O. The molecule has 1 aromatic rings. The molecule has 0 bridgehead atoms. The van der Waals surface area contributed by atoms with Crippen molar-refractivity contribution in [3.8, 4) is 0 Å². The molecule has 0 radical (unpaired) electrons. The Morgan fingerprint density at radius 2 is 1.73 bits per heavy atom. The molecular formula is C20H30N2O8. The van der Waals surface area contributed by atoms with E-state index in [9.17, 15) is 24.9 Å². The van der Waals surface area contributed by atoms with E-state index < -0.39 is 49.3 Å². The first-order valence-electron chi connectivity index (χ1n) is 9.96. The van der Waals surface area contributed by atoms with Crippen LogP contribution < -0.4 is 10.6 Å². The van der Waals surface area contributed by atoms with Crippen molar-refractivity contribution in [3.63, 3.8) is 0 Å². The van der Waals surface area contributed by atoms with Gasteiger partial charge in [-0.15, -0.1) is 0 Å². The number of amides is 2. The lowest BCUT2D eigenvalue weighted by atomic mass is 9.98. The highest BCUT2D eigenvalue weighted by atomic mass is 16.6. The Kier molecular flexibility index (Phi) is 9.98. The number of aliphatic hydroxyl groups is 4. The maximum atomic E-state index is 12.0. The van der Waals surface area contributed by atoms with Gasteiger partial charge in [0.05, 0.1) is 6.61 Å². The van der Waals surface area contributed by atoms with Crippen molar-refractivity contribution in [1.82, 2.24) is 10.6 Å². The van der Waals surface area contributed by atoms with E-state index in [1.807, 2.05) is 30.3 Å². The van der Waals surface area contributed by atoms with Gasteiger partial charge in [-0.1, -0.05) is 36.8 Å². The molecule has 168 valence electrons. The van der Waals surface area contributed by atoms with E-state index in [0.29, 0.717) is 25.8 Å². The predicted molar refractivity (Wildman–Crippen MR) is 105 cm³/mol. The Morgan fingerprint density at radius 1 is 1.00 bits per heavy atom. The molecule has 1 fully saturated rings. The molecule has 2 amide bonds. The molecule has 0 spiro atoms. The monoisotopic (exact) mass is 426 g/mol. The molecule has 30 heavy (non-hydrogen) atoms. The van der Waals surface area contributed by atoms with Crippen molar-refractivity contribution in [2.24, 2.45) is 0 Å². The Bertz CT molecular complexity index is 657. The number of nitrogens with one attached hydrogen (secondary N) is 2. The number of unbranched alkanes of at least 4 members (excludes halogenated alkanes) is 2. The fraction of sp³-hybridized carbons (Fsp3) is 0.600. The van der Waals surface area contributed by atoms with Crippen LogP contribution in [0, 0.1) is 0 Å². The van der Waals surface area contributed by atoms with Gasteiger partial charge in [-0.25, -0.2) is 4.79 Å². The second kappa shape index (κ2) is 12.5. The minimum Gasteiger partial charge on any atom is -0.445 e. The summed E-state index contributed by atoms with van der Waals surface area (Å²) in [6.45, 7) is 0.0604. The largest absolute Gasteiger partial charge is 0.445 e. The van der Waals surface area contributed by atoms with E-state index in [0.717, 1.165) is 5.56 Å². The molecule has 10 heteroatoms. The lowest BCUT2D eigenvalue weighted by Crippen LogP contribution is -2.63. The van der Waals surface area contributed by atoms with Crippen LogP contribution >= 0.6 is 0 Å². The molecule has 1 heterocycles. The topological polar surface area (TPSA) is 158 Å². The third-order valence-electron chi connectivity index (χ3n) is 4.76. The summed E-state index contributed by atoms with van der Waals surface area (Å²) in [6, 6.07) is 9.34. The van der Waals surface area contributed by atoms with Gasteiger partial charge in [-0.3, -0.25) is 4.79 Å². The van der Waals surface area contributed by atoms with E-state index in [-0.39, 0.29) is 13.0 Å². The molecule has 1 aliphatic rings. The highest BCUT2D eigenvalue weighted by Crippen LogP contribution is 2.19. The van der Waals surface area contributed by atoms with Gasteiger partial charge >= 0.3 is 6.09 Å². The minimum absolute atomic E-state index is 0.160. The average Bonchev–Trinajstić information content (AvgIpc) is 2.75. The van der Waals surface area contributed by atoms with Crippen molar-refractivity contribution in [1.29, 1.82) is 0 Å². The molecule has 1 aliphatic heterocycles. The van der Waals surface area contributed by atoms with E-state index in [1.54, 1.807) is 0 Å². The second-order valence-corrected chi connectivity index (χ2v) is 7.12. The van der Waals surface area contributed by atoms with Gasteiger partial charge in [0, 0.05) is 13.0 Å². The Balaban J connectivity index is 1.55. The normalized spacial score (nSPS) is 26.1. The molecule has 2 rings (SSSR count). The molecule has 10 nitrogen and oxygen atoms in total. The van der Waals surface area contributed by atoms with Crippen LogP contribution in [-0.2, 0) is 20.9 Å².